The van der Waals surface area contributed by atoms with E-state index in [1.807, 2.05) is 4.90 Å². The first kappa shape index (κ1) is 23.5. The van der Waals surface area contributed by atoms with Gasteiger partial charge in [-0.25, -0.2) is 8.42 Å². The van der Waals surface area contributed by atoms with Crippen molar-refractivity contribution in [3.8, 4) is 11.5 Å². The van der Waals surface area contributed by atoms with Gasteiger partial charge in [0.25, 0.3) is 10.0 Å². The number of aromatic nitrogens is 2. The van der Waals surface area contributed by atoms with E-state index in [2.05, 4.69) is 27.0 Å². The van der Waals surface area contributed by atoms with Gasteiger partial charge >= 0.3 is 0 Å². The van der Waals surface area contributed by atoms with Gasteiger partial charge in [0, 0.05) is 57.4 Å². The number of furan rings is 1. The molecule has 1 N–H and O–H groups in total. The molecule has 2 aromatic heterocycles. The van der Waals surface area contributed by atoms with Crippen molar-refractivity contribution in [1.29, 1.82) is 0 Å². The summed E-state index contributed by atoms with van der Waals surface area (Å²) in [5.74, 6) is 0.499. The Kier molecular flexibility index (Phi) is 6.79. The molecular formula is C23H34N6O4S. The van der Waals surface area contributed by atoms with Crippen molar-refractivity contribution in [2.75, 3.05) is 59.4 Å². The number of H-pyrrole nitrogens is 1. The number of hydrogen-bond acceptors (Lipinski definition) is 7. The number of amides is 1. The summed E-state index contributed by atoms with van der Waals surface area (Å²) in [4.78, 5) is 20.1. The lowest BCUT2D eigenvalue weighted by Gasteiger charge is -2.43. The third-order valence-electron chi connectivity index (χ3n) is 7.58. The Balaban J connectivity index is 1.12. The Labute approximate surface area is 200 Å². The van der Waals surface area contributed by atoms with Crippen LogP contribution in [0.25, 0.3) is 11.5 Å². The number of likely N-dealkylation sites (tertiary alicyclic amines) is 1. The minimum absolute atomic E-state index is 0.0769. The normalized spacial score (nSPS) is 22.9. The molecule has 10 nitrogen and oxygen atoms in total. The number of aromatic amines is 1. The average molecular weight is 491 g/mol. The molecule has 3 fully saturated rings. The Morgan fingerprint density at radius 2 is 1.68 bits per heavy atom. The number of rotatable bonds is 5. The highest BCUT2D eigenvalue weighted by Gasteiger charge is 2.36. The minimum atomic E-state index is -3.73. The summed E-state index contributed by atoms with van der Waals surface area (Å²) in [6.07, 6.45) is 5.08. The van der Waals surface area contributed by atoms with Crippen LogP contribution in [0.5, 0.6) is 0 Å². The summed E-state index contributed by atoms with van der Waals surface area (Å²) in [5.41, 5.74) is 0.627. The molecule has 0 saturated carbocycles. The van der Waals surface area contributed by atoms with E-state index in [4.69, 9.17) is 4.42 Å². The molecule has 0 bridgehead atoms. The highest BCUT2D eigenvalue weighted by atomic mass is 32.2. The van der Waals surface area contributed by atoms with Crippen LogP contribution in [0.15, 0.2) is 33.9 Å². The monoisotopic (exact) mass is 490 g/mol. The zero-order chi connectivity index (χ0) is 23.7. The molecule has 3 aliphatic heterocycles. The van der Waals surface area contributed by atoms with Crippen LogP contribution in [0.1, 0.15) is 25.7 Å². The standard InChI is InChI=1S/C23H34N6O4S/c1-26-10-7-19(8-11-26)27-14-16-28(17-15-27)23(30)18-5-12-29(13-6-18)34(31,32)22-3-2-21(33-22)20-4-9-24-25-20/h2-4,9,18-19H,5-8,10-17H2,1H3,(H,24,25). The maximum Gasteiger partial charge on any atom is 0.276 e. The summed E-state index contributed by atoms with van der Waals surface area (Å²) in [6.45, 7) is 6.36. The zero-order valence-corrected chi connectivity index (χ0v) is 20.5. The van der Waals surface area contributed by atoms with Crippen molar-refractivity contribution in [3.63, 3.8) is 0 Å². The van der Waals surface area contributed by atoms with Gasteiger partial charge in [-0.3, -0.25) is 14.8 Å². The van der Waals surface area contributed by atoms with Gasteiger partial charge in [-0.2, -0.15) is 9.40 Å². The highest BCUT2D eigenvalue weighted by Crippen LogP contribution is 2.29. The van der Waals surface area contributed by atoms with E-state index in [0.29, 0.717) is 43.4 Å². The van der Waals surface area contributed by atoms with Crippen LogP contribution in [0.3, 0.4) is 0 Å². The van der Waals surface area contributed by atoms with Crippen LogP contribution in [0.4, 0.5) is 0 Å². The first-order chi connectivity index (χ1) is 16.4. The van der Waals surface area contributed by atoms with Crippen LogP contribution >= 0.6 is 0 Å². The average Bonchev–Trinajstić information content (AvgIpc) is 3.57. The predicted molar refractivity (Wildman–Crippen MR) is 126 cm³/mol. The van der Waals surface area contributed by atoms with Crippen molar-refractivity contribution in [3.05, 3.63) is 24.4 Å². The number of piperidine rings is 2. The fraction of sp³-hybridized carbons (Fsp3) is 0.652. The minimum Gasteiger partial charge on any atom is -0.442 e. The Morgan fingerprint density at radius 3 is 2.32 bits per heavy atom. The Bertz CT molecular complexity index is 1060. The van der Waals surface area contributed by atoms with Crippen molar-refractivity contribution < 1.29 is 17.6 Å². The maximum atomic E-state index is 13.1. The summed E-state index contributed by atoms with van der Waals surface area (Å²) < 4.78 is 33.1. The number of nitrogens with zero attached hydrogens (tertiary/aromatic N) is 5. The zero-order valence-electron chi connectivity index (χ0n) is 19.7. The number of hydrogen-bond donors (Lipinski definition) is 1. The fourth-order valence-electron chi connectivity index (χ4n) is 5.39. The van der Waals surface area contributed by atoms with Crippen LogP contribution in [0.2, 0.25) is 0 Å². The molecule has 0 aliphatic carbocycles. The quantitative estimate of drug-likeness (QED) is 0.674. The van der Waals surface area contributed by atoms with Crippen LogP contribution in [-0.4, -0.2) is 109 Å². The van der Waals surface area contributed by atoms with E-state index >= 15 is 0 Å². The number of sulfonamides is 1. The third-order valence-corrected chi connectivity index (χ3v) is 9.35. The smallest absolute Gasteiger partial charge is 0.276 e. The molecule has 34 heavy (non-hydrogen) atoms. The molecule has 186 valence electrons. The van der Waals surface area contributed by atoms with E-state index in [9.17, 15) is 13.2 Å². The van der Waals surface area contributed by atoms with Crippen molar-refractivity contribution in [1.82, 2.24) is 29.2 Å². The number of carbonyl (C=O) groups excluding carboxylic acids is 1. The molecule has 0 unspecified atom stereocenters. The van der Waals surface area contributed by atoms with Crippen molar-refractivity contribution >= 4 is 15.9 Å². The summed E-state index contributed by atoms with van der Waals surface area (Å²) in [5, 5.41) is 6.56. The second-order valence-corrected chi connectivity index (χ2v) is 11.5. The fourth-order valence-corrected chi connectivity index (χ4v) is 6.77. The van der Waals surface area contributed by atoms with Gasteiger partial charge in [0.2, 0.25) is 11.0 Å². The lowest BCUT2D eigenvalue weighted by atomic mass is 9.96. The molecule has 11 heteroatoms. The summed E-state index contributed by atoms with van der Waals surface area (Å²) in [7, 11) is -1.56. The SMILES string of the molecule is CN1CCC(N2CCN(C(=O)C3CCN(S(=O)(=O)c4ccc(-c5ccn[nH]5)o4)CC3)CC2)CC1. The van der Waals surface area contributed by atoms with Crippen molar-refractivity contribution in [2.24, 2.45) is 5.92 Å². The summed E-state index contributed by atoms with van der Waals surface area (Å²) in [6, 6.07) is 5.46. The first-order valence-corrected chi connectivity index (χ1v) is 13.7. The maximum absolute atomic E-state index is 13.1. The van der Waals surface area contributed by atoms with E-state index in [-0.39, 0.29) is 16.9 Å². The van der Waals surface area contributed by atoms with E-state index in [0.717, 1.165) is 39.3 Å². The van der Waals surface area contributed by atoms with Gasteiger partial charge < -0.3 is 14.2 Å². The molecule has 2 aromatic rings. The molecule has 3 saturated heterocycles. The molecule has 1 amide bonds. The predicted octanol–water partition coefficient (Wildman–Crippen LogP) is 1.31. The summed E-state index contributed by atoms with van der Waals surface area (Å²) >= 11 is 0. The lowest BCUT2D eigenvalue weighted by Crippen LogP contribution is -2.55. The second-order valence-electron chi connectivity index (χ2n) is 9.66. The molecule has 0 aromatic carbocycles. The molecule has 0 spiro atoms. The van der Waals surface area contributed by atoms with Gasteiger partial charge in [-0.15, -0.1) is 0 Å². The van der Waals surface area contributed by atoms with E-state index in [1.54, 1.807) is 18.3 Å². The highest BCUT2D eigenvalue weighted by molar-refractivity contribution is 7.89. The number of nitrogens with one attached hydrogen (secondary N) is 1. The topological polar surface area (TPSA) is 106 Å². The molecule has 0 radical (unpaired) electrons. The van der Waals surface area contributed by atoms with Crippen LogP contribution in [-0.2, 0) is 14.8 Å². The number of piperazine rings is 1. The molecule has 0 atom stereocenters. The number of carbonyl (C=O) groups is 1. The Hall–Kier alpha value is -2.21. The molecular weight excluding hydrogens is 456 g/mol. The van der Waals surface area contributed by atoms with E-state index in [1.165, 1.54) is 23.2 Å². The second kappa shape index (κ2) is 9.80. The molecule has 5 heterocycles. The molecule has 5 rings (SSSR count). The van der Waals surface area contributed by atoms with Gasteiger partial charge in [0.05, 0.1) is 0 Å². The van der Waals surface area contributed by atoms with Crippen molar-refractivity contribution in [2.45, 2.75) is 36.8 Å². The molecule has 3 aliphatic rings. The van der Waals surface area contributed by atoms with Gasteiger partial charge in [-0.05, 0) is 64.0 Å². The van der Waals surface area contributed by atoms with Gasteiger partial charge in [0.15, 0.2) is 5.76 Å². The Morgan fingerprint density at radius 1 is 0.971 bits per heavy atom. The largest absolute Gasteiger partial charge is 0.442 e. The van der Waals surface area contributed by atoms with Gasteiger partial charge in [-0.1, -0.05) is 0 Å². The lowest BCUT2D eigenvalue weighted by molar-refractivity contribution is -0.139. The first-order valence-electron chi connectivity index (χ1n) is 12.2. The van der Waals surface area contributed by atoms with E-state index < -0.39 is 10.0 Å². The van der Waals surface area contributed by atoms with Crippen LogP contribution < -0.4 is 0 Å². The third kappa shape index (κ3) is 4.79. The van der Waals surface area contributed by atoms with Crippen LogP contribution in [0, 0.1) is 5.92 Å². The van der Waals surface area contributed by atoms with Gasteiger partial charge in [0.1, 0.15) is 5.69 Å².